The van der Waals surface area contributed by atoms with E-state index in [0.29, 0.717) is 6.42 Å². The van der Waals surface area contributed by atoms with Crippen LogP contribution in [0.4, 0.5) is 0 Å². The van der Waals surface area contributed by atoms with Crippen molar-refractivity contribution in [3.8, 4) is 0 Å². The molecule has 4 atom stereocenters. The number of ether oxygens (including phenoxy) is 1. The Morgan fingerprint density at radius 2 is 1.60 bits per heavy atom. The third kappa shape index (κ3) is 3.50. The lowest BCUT2D eigenvalue weighted by Gasteiger charge is -2.55. The average molecular weight is 351 g/mol. The fourth-order valence-corrected chi connectivity index (χ4v) is 6.53. The second-order valence-corrected chi connectivity index (χ2v) is 12.1. The Balaban J connectivity index is 1.84. The molecule has 2 bridgehead atoms. The van der Waals surface area contributed by atoms with Gasteiger partial charge in [-0.05, 0) is 68.1 Å². The molecule has 0 aromatic carbocycles. The summed E-state index contributed by atoms with van der Waals surface area (Å²) in [7, 11) is 0. The summed E-state index contributed by atoms with van der Waals surface area (Å²) in [4.78, 5) is 13.4. The SMILES string of the molecule is CC(C)(C)CC1(C(=O)OC23CCCC(C)(CC(C)(O)C2)C3)CC1(C)C. The monoisotopic (exact) mass is 350 g/mol. The molecular formula is C22H38O3. The number of aliphatic hydroxyl groups is 1. The van der Waals surface area contributed by atoms with E-state index >= 15 is 0 Å². The van der Waals surface area contributed by atoms with E-state index in [-0.39, 0.29) is 27.6 Å². The molecular weight excluding hydrogens is 312 g/mol. The van der Waals surface area contributed by atoms with Crippen LogP contribution in [-0.2, 0) is 9.53 Å². The molecule has 0 amide bonds. The van der Waals surface area contributed by atoms with E-state index < -0.39 is 11.2 Å². The topological polar surface area (TPSA) is 46.5 Å². The van der Waals surface area contributed by atoms with Gasteiger partial charge in [0, 0.05) is 6.42 Å². The molecule has 3 saturated carbocycles. The molecule has 0 aliphatic heterocycles. The van der Waals surface area contributed by atoms with E-state index in [2.05, 4.69) is 41.5 Å². The van der Waals surface area contributed by atoms with Crippen molar-refractivity contribution in [2.75, 3.05) is 0 Å². The van der Waals surface area contributed by atoms with Crippen LogP contribution in [0.5, 0.6) is 0 Å². The Labute approximate surface area is 153 Å². The first kappa shape index (κ1) is 19.2. The molecule has 3 nitrogen and oxygen atoms in total. The number of hydrogen-bond donors (Lipinski definition) is 1. The van der Waals surface area contributed by atoms with Gasteiger partial charge in [0.05, 0.1) is 11.0 Å². The predicted molar refractivity (Wildman–Crippen MR) is 100 cm³/mol. The summed E-state index contributed by atoms with van der Waals surface area (Å²) in [6.45, 7) is 15.2. The van der Waals surface area contributed by atoms with Gasteiger partial charge in [0.1, 0.15) is 5.60 Å². The number of carbonyl (C=O) groups is 1. The van der Waals surface area contributed by atoms with E-state index in [1.165, 1.54) is 0 Å². The summed E-state index contributed by atoms with van der Waals surface area (Å²) >= 11 is 0. The van der Waals surface area contributed by atoms with Crippen molar-refractivity contribution in [3.63, 3.8) is 0 Å². The molecule has 0 heterocycles. The molecule has 1 N–H and O–H groups in total. The first-order valence-corrected chi connectivity index (χ1v) is 10.1. The van der Waals surface area contributed by atoms with Crippen molar-refractivity contribution in [2.45, 2.75) is 111 Å². The van der Waals surface area contributed by atoms with Gasteiger partial charge in [0.2, 0.25) is 0 Å². The Kier molecular flexibility index (Phi) is 4.02. The van der Waals surface area contributed by atoms with Gasteiger partial charge in [0.15, 0.2) is 0 Å². The van der Waals surface area contributed by atoms with Crippen molar-refractivity contribution in [3.05, 3.63) is 0 Å². The largest absolute Gasteiger partial charge is 0.458 e. The van der Waals surface area contributed by atoms with E-state index in [4.69, 9.17) is 4.74 Å². The molecule has 0 saturated heterocycles. The molecule has 0 aromatic heterocycles. The van der Waals surface area contributed by atoms with Crippen LogP contribution in [0.15, 0.2) is 0 Å². The van der Waals surface area contributed by atoms with Crippen LogP contribution in [0.1, 0.15) is 99.8 Å². The second kappa shape index (κ2) is 5.24. The molecule has 3 aliphatic carbocycles. The molecule has 0 aromatic rings. The van der Waals surface area contributed by atoms with Gasteiger partial charge in [0.25, 0.3) is 0 Å². The standard InChI is InChI=1S/C22H38O3/c1-17(2,3)11-22(12-18(22,4)5)16(23)25-21-10-8-9-19(6,14-21)13-20(7,24)15-21/h24H,8-15H2,1-7H3. The smallest absolute Gasteiger partial charge is 0.313 e. The summed E-state index contributed by atoms with van der Waals surface area (Å²) in [5, 5.41) is 10.8. The molecule has 3 rings (SSSR count). The first-order chi connectivity index (χ1) is 11.1. The summed E-state index contributed by atoms with van der Waals surface area (Å²) in [5.41, 5.74) is -1.33. The van der Waals surface area contributed by atoms with Gasteiger partial charge in [-0.2, -0.15) is 0 Å². The van der Waals surface area contributed by atoms with Crippen LogP contribution in [0.25, 0.3) is 0 Å². The third-order valence-corrected chi connectivity index (χ3v) is 7.12. The van der Waals surface area contributed by atoms with E-state index in [9.17, 15) is 9.90 Å². The first-order valence-electron chi connectivity index (χ1n) is 10.1. The van der Waals surface area contributed by atoms with Crippen molar-refractivity contribution in [1.82, 2.24) is 0 Å². The molecule has 3 aliphatic rings. The third-order valence-electron chi connectivity index (χ3n) is 7.12. The Bertz CT molecular complexity index is 566. The van der Waals surface area contributed by atoms with Crippen LogP contribution in [0.3, 0.4) is 0 Å². The molecule has 4 unspecified atom stereocenters. The van der Waals surface area contributed by atoms with Crippen molar-refractivity contribution < 1.29 is 14.6 Å². The summed E-state index contributed by atoms with van der Waals surface area (Å²) < 4.78 is 6.36. The second-order valence-electron chi connectivity index (χ2n) is 12.1. The minimum absolute atomic E-state index is 0.00521. The molecule has 0 spiro atoms. The zero-order chi connectivity index (χ0) is 18.9. The van der Waals surface area contributed by atoms with Gasteiger partial charge in [-0.1, -0.05) is 41.5 Å². The van der Waals surface area contributed by atoms with Crippen LogP contribution in [0.2, 0.25) is 0 Å². The maximum atomic E-state index is 13.4. The van der Waals surface area contributed by atoms with Gasteiger partial charge in [-0.3, -0.25) is 4.79 Å². The van der Waals surface area contributed by atoms with Gasteiger partial charge in [-0.15, -0.1) is 0 Å². The predicted octanol–water partition coefficient (Wildman–Crippen LogP) is 5.25. The number of hydrogen-bond acceptors (Lipinski definition) is 3. The summed E-state index contributed by atoms with van der Waals surface area (Å²) in [6.07, 6.45) is 7.22. The fourth-order valence-electron chi connectivity index (χ4n) is 6.53. The normalized spacial score (nSPS) is 45.8. The molecule has 3 fully saturated rings. The van der Waals surface area contributed by atoms with E-state index in [1.54, 1.807) is 0 Å². The maximum Gasteiger partial charge on any atom is 0.313 e. The maximum absolute atomic E-state index is 13.4. The van der Waals surface area contributed by atoms with Crippen molar-refractivity contribution >= 4 is 5.97 Å². The number of fused-ring (bicyclic) bond motifs is 2. The Morgan fingerprint density at radius 1 is 1.00 bits per heavy atom. The highest BCUT2D eigenvalue weighted by atomic mass is 16.6. The lowest BCUT2D eigenvalue weighted by Crippen LogP contribution is -2.56. The quantitative estimate of drug-likeness (QED) is 0.707. The highest BCUT2D eigenvalue weighted by molar-refractivity contribution is 5.82. The van der Waals surface area contributed by atoms with Crippen LogP contribution in [-0.4, -0.2) is 22.3 Å². The zero-order valence-corrected chi connectivity index (χ0v) is 17.4. The van der Waals surface area contributed by atoms with E-state index in [0.717, 1.165) is 44.9 Å². The summed E-state index contributed by atoms with van der Waals surface area (Å²) in [5.74, 6) is -0.00521. The van der Waals surface area contributed by atoms with Gasteiger partial charge in [-0.25, -0.2) is 0 Å². The van der Waals surface area contributed by atoms with Crippen molar-refractivity contribution in [2.24, 2.45) is 21.7 Å². The molecule has 0 radical (unpaired) electrons. The van der Waals surface area contributed by atoms with E-state index in [1.807, 2.05) is 6.92 Å². The minimum atomic E-state index is -0.732. The molecule has 144 valence electrons. The molecule has 25 heavy (non-hydrogen) atoms. The summed E-state index contributed by atoms with van der Waals surface area (Å²) in [6, 6.07) is 0. The minimum Gasteiger partial charge on any atom is -0.458 e. The lowest BCUT2D eigenvalue weighted by atomic mass is 9.56. The van der Waals surface area contributed by atoms with Gasteiger partial charge < -0.3 is 9.84 Å². The number of carbonyl (C=O) groups excluding carboxylic acids is 1. The Morgan fingerprint density at radius 3 is 2.12 bits per heavy atom. The van der Waals surface area contributed by atoms with Crippen LogP contribution in [0, 0.1) is 21.7 Å². The Hall–Kier alpha value is -0.570. The highest BCUT2D eigenvalue weighted by Gasteiger charge is 2.69. The molecule has 3 heteroatoms. The highest BCUT2D eigenvalue weighted by Crippen LogP contribution is 2.69. The lowest BCUT2D eigenvalue weighted by molar-refractivity contribution is -0.204. The van der Waals surface area contributed by atoms with Crippen LogP contribution < -0.4 is 0 Å². The number of esters is 1. The average Bonchev–Trinajstić information content (AvgIpc) is 2.85. The fraction of sp³-hybridized carbons (Fsp3) is 0.955. The number of rotatable bonds is 3. The zero-order valence-electron chi connectivity index (χ0n) is 17.4. The van der Waals surface area contributed by atoms with Gasteiger partial charge >= 0.3 is 5.97 Å². The van der Waals surface area contributed by atoms with Crippen molar-refractivity contribution in [1.29, 1.82) is 0 Å². The van der Waals surface area contributed by atoms with Crippen LogP contribution >= 0.6 is 0 Å².